The van der Waals surface area contributed by atoms with E-state index in [1.54, 1.807) is 0 Å². The van der Waals surface area contributed by atoms with Gasteiger partial charge in [-0.15, -0.1) is 0 Å². The lowest BCUT2D eigenvalue weighted by Gasteiger charge is -2.23. The van der Waals surface area contributed by atoms with Crippen molar-refractivity contribution in [2.45, 2.75) is 32.0 Å². The molecule has 1 heterocycles. The van der Waals surface area contributed by atoms with Crippen LogP contribution in [0.15, 0.2) is 47.2 Å². The van der Waals surface area contributed by atoms with Crippen molar-refractivity contribution in [3.05, 3.63) is 58.3 Å². The van der Waals surface area contributed by atoms with Gasteiger partial charge in [-0.05, 0) is 48.2 Å². The highest BCUT2D eigenvalue weighted by atomic mass is 79.9. The molecule has 0 unspecified atom stereocenters. The van der Waals surface area contributed by atoms with Crippen molar-refractivity contribution in [2.75, 3.05) is 11.9 Å². The molecule has 4 heteroatoms. The predicted molar refractivity (Wildman–Crippen MR) is 90.3 cm³/mol. The number of halogens is 1. The van der Waals surface area contributed by atoms with Crippen LogP contribution in [0.2, 0.25) is 0 Å². The molecule has 0 aliphatic heterocycles. The average Bonchev–Trinajstić information content (AvgIpc) is 3.31. The van der Waals surface area contributed by atoms with Gasteiger partial charge in [0.2, 0.25) is 0 Å². The van der Waals surface area contributed by atoms with Crippen molar-refractivity contribution in [2.24, 2.45) is 0 Å². The minimum absolute atomic E-state index is 0.729. The number of aromatic nitrogens is 1. The Hall–Kier alpha value is -1.39. The number of hydrogen-bond donors (Lipinski definition) is 1. The van der Waals surface area contributed by atoms with E-state index in [1.807, 2.05) is 12.4 Å². The van der Waals surface area contributed by atoms with Gasteiger partial charge in [0.15, 0.2) is 0 Å². The van der Waals surface area contributed by atoms with Crippen molar-refractivity contribution in [1.82, 2.24) is 10.3 Å². The third kappa shape index (κ3) is 4.05. The Kier molecular flexibility index (Phi) is 4.56. The second kappa shape index (κ2) is 6.58. The first-order valence-corrected chi connectivity index (χ1v) is 8.13. The van der Waals surface area contributed by atoms with E-state index in [0.717, 1.165) is 23.6 Å². The van der Waals surface area contributed by atoms with E-state index in [4.69, 9.17) is 0 Å². The van der Waals surface area contributed by atoms with Crippen LogP contribution in [0.5, 0.6) is 0 Å². The summed E-state index contributed by atoms with van der Waals surface area (Å²) in [5, 5.41) is 3.60. The molecule has 1 aliphatic carbocycles. The molecule has 1 saturated carbocycles. The first kappa shape index (κ1) is 14.5. The summed E-state index contributed by atoms with van der Waals surface area (Å²) in [6, 6.07) is 11.4. The molecule has 3 rings (SSSR count). The van der Waals surface area contributed by atoms with Gasteiger partial charge in [-0.3, -0.25) is 4.98 Å². The average molecular weight is 346 g/mol. The van der Waals surface area contributed by atoms with E-state index in [1.165, 1.54) is 29.7 Å². The maximum atomic E-state index is 4.08. The molecule has 1 aliphatic rings. The monoisotopic (exact) mass is 345 g/mol. The van der Waals surface area contributed by atoms with Crippen LogP contribution in [0.3, 0.4) is 0 Å². The fourth-order valence-corrected chi connectivity index (χ4v) is 2.78. The lowest BCUT2D eigenvalue weighted by Crippen LogP contribution is -2.21. The molecule has 21 heavy (non-hydrogen) atoms. The lowest BCUT2D eigenvalue weighted by molar-refractivity contribution is 0.685. The van der Waals surface area contributed by atoms with E-state index in [0.29, 0.717) is 0 Å². The number of rotatable bonds is 6. The Labute approximate surface area is 134 Å². The second-order valence-corrected chi connectivity index (χ2v) is 6.56. The Balaban J connectivity index is 1.76. The largest absolute Gasteiger partial charge is 0.370 e. The Morgan fingerprint density at radius 1 is 1.24 bits per heavy atom. The zero-order valence-corrected chi connectivity index (χ0v) is 13.8. The number of anilines is 1. The summed E-state index contributed by atoms with van der Waals surface area (Å²) in [6.45, 7) is 1.82. The van der Waals surface area contributed by atoms with Crippen LogP contribution in [0.1, 0.15) is 24.0 Å². The van der Waals surface area contributed by atoms with Crippen molar-refractivity contribution < 1.29 is 0 Å². The molecular weight excluding hydrogens is 326 g/mol. The van der Waals surface area contributed by atoms with Gasteiger partial charge in [0.05, 0.1) is 0 Å². The molecule has 1 aromatic carbocycles. The minimum atomic E-state index is 0.729. The quantitative estimate of drug-likeness (QED) is 0.864. The van der Waals surface area contributed by atoms with Crippen LogP contribution in [0, 0.1) is 0 Å². The molecule has 0 spiro atoms. The van der Waals surface area contributed by atoms with Crippen molar-refractivity contribution in [1.29, 1.82) is 0 Å². The SMILES string of the molecule is CN(Cc1ccncc1)c1cc(Br)ccc1CNC1CC1. The molecule has 3 nitrogen and oxygen atoms in total. The molecule has 1 aromatic heterocycles. The van der Waals surface area contributed by atoms with Crippen LogP contribution >= 0.6 is 15.9 Å². The first-order chi connectivity index (χ1) is 10.2. The van der Waals surface area contributed by atoms with E-state index >= 15 is 0 Å². The predicted octanol–water partition coefficient (Wildman–Crippen LogP) is 3.73. The van der Waals surface area contributed by atoms with Gasteiger partial charge in [-0.25, -0.2) is 0 Å². The number of hydrogen-bond acceptors (Lipinski definition) is 3. The summed E-state index contributed by atoms with van der Waals surface area (Å²) in [5.41, 5.74) is 3.89. The highest BCUT2D eigenvalue weighted by Crippen LogP contribution is 2.27. The molecule has 0 radical (unpaired) electrons. The van der Waals surface area contributed by atoms with Gasteiger partial charge in [0, 0.05) is 48.7 Å². The van der Waals surface area contributed by atoms with Gasteiger partial charge < -0.3 is 10.2 Å². The third-order valence-electron chi connectivity index (χ3n) is 3.79. The minimum Gasteiger partial charge on any atom is -0.370 e. The highest BCUT2D eigenvalue weighted by molar-refractivity contribution is 9.10. The zero-order chi connectivity index (χ0) is 14.7. The summed E-state index contributed by atoms with van der Waals surface area (Å²) < 4.78 is 1.12. The Morgan fingerprint density at radius 2 is 2.00 bits per heavy atom. The fourth-order valence-electron chi connectivity index (χ4n) is 2.43. The number of nitrogens with zero attached hydrogens (tertiary/aromatic N) is 2. The number of nitrogens with one attached hydrogen (secondary N) is 1. The normalized spacial score (nSPS) is 14.2. The molecule has 0 atom stereocenters. The van der Waals surface area contributed by atoms with Crippen molar-refractivity contribution in [3.8, 4) is 0 Å². The lowest BCUT2D eigenvalue weighted by atomic mass is 10.1. The molecule has 2 aromatic rings. The van der Waals surface area contributed by atoms with Crippen LogP contribution in [-0.2, 0) is 13.1 Å². The summed E-state index contributed by atoms with van der Waals surface area (Å²) >= 11 is 3.59. The molecule has 110 valence electrons. The number of pyridine rings is 1. The van der Waals surface area contributed by atoms with Crippen LogP contribution in [0.4, 0.5) is 5.69 Å². The summed E-state index contributed by atoms with van der Waals surface area (Å²) in [4.78, 5) is 6.37. The molecule has 0 bridgehead atoms. The van der Waals surface area contributed by atoms with E-state index in [2.05, 4.69) is 68.5 Å². The Morgan fingerprint density at radius 3 is 2.71 bits per heavy atom. The van der Waals surface area contributed by atoms with Gasteiger partial charge >= 0.3 is 0 Å². The van der Waals surface area contributed by atoms with Gasteiger partial charge in [0.1, 0.15) is 0 Å². The van der Waals surface area contributed by atoms with Gasteiger partial charge in [0.25, 0.3) is 0 Å². The van der Waals surface area contributed by atoms with Gasteiger partial charge in [-0.2, -0.15) is 0 Å². The summed E-state index contributed by atoms with van der Waals surface area (Å²) in [6.07, 6.45) is 6.33. The molecule has 1 fully saturated rings. The smallest absolute Gasteiger partial charge is 0.0427 e. The standard InChI is InChI=1S/C17H20BrN3/c1-21(12-13-6-8-19-9-7-13)17-10-15(18)3-2-14(17)11-20-16-4-5-16/h2-3,6-10,16,20H,4-5,11-12H2,1H3. The van der Waals surface area contributed by atoms with Crippen molar-refractivity contribution >= 4 is 21.6 Å². The summed E-state index contributed by atoms with van der Waals surface area (Å²) in [7, 11) is 2.14. The topological polar surface area (TPSA) is 28.2 Å². The first-order valence-electron chi connectivity index (χ1n) is 7.34. The van der Waals surface area contributed by atoms with E-state index in [-0.39, 0.29) is 0 Å². The number of benzene rings is 1. The zero-order valence-electron chi connectivity index (χ0n) is 12.2. The van der Waals surface area contributed by atoms with E-state index < -0.39 is 0 Å². The fraction of sp³-hybridized carbons (Fsp3) is 0.353. The molecule has 0 saturated heterocycles. The highest BCUT2D eigenvalue weighted by Gasteiger charge is 2.20. The molecule has 0 amide bonds. The molecular formula is C17H20BrN3. The Bertz CT molecular complexity index is 596. The molecule has 1 N–H and O–H groups in total. The third-order valence-corrected chi connectivity index (χ3v) is 4.28. The van der Waals surface area contributed by atoms with Crippen LogP contribution in [-0.4, -0.2) is 18.1 Å². The summed E-state index contributed by atoms with van der Waals surface area (Å²) in [5.74, 6) is 0. The van der Waals surface area contributed by atoms with Crippen molar-refractivity contribution in [3.63, 3.8) is 0 Å². The maximum absolute atomic E-state index is 4.08. The second-order valence-electron chi connectivity index (χ2n) is 5.64. The van der Waals surface area contributed by atoms with Crippen LogP contribution < -0.4 is 10.2 Å². The van der Waals surface area contributed by atoms with Gasteiger partial charge in [-0.1, -0.05) is 22.0 Å². The van der Waals surface area contributed by atoms with E-state index in [9.17, 15) is 0 Å². The maximum Gasteiger partial charge on any atom is 0.0427 e. The van der Waals surface area contributed by atoms with Crippen LogP contribution in [0.25, 0.3) is 0 Å².